The van der Waals surface area contributed by atoms with Crippen LogP contribution in [0.5, 0.6) is 0 Å². The highest BCUT2D eigenvalue weighted by Crippen LogP contribution is 2.43. The second-order valence-corrected chi connectivity index (χ2v) is 9.90. The van der Waals surface area contributed by atoms with E-state index in [0.29, 0.717) is 31.1 Å². The molecule has 1 aliphatic rings. The van der Waals surface area contributed by atoms with Gasteiger partial charge in [0.05, 0.1) is 19.3 Å². The lowest BCUT2D eigenvalue weighted by atomic mass is 10.0. The van der Waals surface area contributed by atoms with E-state index in [1.807, 2.05) is 11.8 Å². The summed E-state index contributed by atoms with van der Waals surface area (Å²) in [6.07, 6.45) is 11.4. The number of carbonyl (C=O) groups is 2. The number of hydrogen-bond acceptors (Lipinski definition) is 5. The molecule has 8 heteroatoms. The van der Waals surface area contributed by atoms with Crippen molar-refractivity contribution in [3.05, 3.63) is 0 Å². The minimum atomic E-state index is -4.03. The molecule has 1 saturated heterocycles. The van der Waals surface area contributed by atoms with Crippen molar-refractivity contribution in [2.45, 2.75) is 104 Å². The Morgan fingerprint density at radius 2 is 1.60 bits per heavy atom. The van der Waals surface area contributed by atoms with E-state index in [4.69, 9.17) is 9.05 Å². The number of Topliss-reactive ketones (excluding diaryl/α,β-unsaturated/α-hetero) is 1. The van der Waals surface area contributed by atoms with Crippen molar-refractivity contribution in [1.29, 1.82) is 0 Å². The van der Waals surface area contributed by atoms with Crippen LogP contribution in [-0.4, -0.2) is 47.3 Å². The van der Waals surface area contributed by atoms with Crippen LogP contribution in [0, 0.1) is 5.92 Å². The maximum Gasteiger partial charge on any atom is 0.472 e. The predicted molar refractivity (Wildman–Crippen MR) is 118 cm³/mol. The molecule has 1 heterocycles. The van der Waals surface area contributed by atoms with Crippen LogP contribution in [0.25, 0.3) is 0 Å². The zero-order valence-electron chi connectivity index (χ0n) is 19.1. The van der Waals surface area contributed by atoms with Crippen LogP contribution in [0.4, 0.5) is 0 Å². The monoisotopic (exact) mass is 449 g/mol. The lowest BCUT2D eigenvalue weighted by Gasteiger charge is -2.25. The zero-order chi connectivity index (χ0) is 22.4. The zero-order valence-corrected chi connectivity index (χ0v) is 20.0. The Balaban J connectivity index is 2.16. The summed E-state index contributed by atoms with van der Waals surface area (Å²) in [5.41, 5.74) is 0. The molecular formula is C22H42NO6P. The average molecular weight is 450 g/mol. The summed E-state index contributed by atoms with van der Waals surface area (Å²) in [6, 6.07) is -0.159. The summed E-state index contributed by atoms with van der Waals surface area (Å²) in [7, 11) is -4.03. The maximum absolute atomic E-state index is 12.6. The Bertz CT molecular complexity index is 556. The minimum absolute atomic E-state index is 0.0354. The van der Waals surface area contributed by atoms with Crippen molar-refractivity contribution in [1.82, 2.24) is 4.90 Å². The molecule has 0 radical (unpaired) electrons. The van der Waals surface area contributed by atoms with Crippen LogP contribution in [0.2, 0.25) is 0 Å². The number of ketones is 1. The van der Waals surface area contributed by atoms with E-state index in [2.05, 4.69) is 6.92 Å². The Morgan fingerprint density at radius 1 is 1.03 bits per heavy atom. The van der Waals surface area contributed by atoms with Gasteiger partial charge in [0.2, 0.25) is 5.91 Å². The van der Waals surface area contributed by atoms with E-state index in [9.17, 15) is 19.0 Å². The van der Waals surface area contributed by atoms with E-state index in [-0.39, 0.29) is 25.2 Å². The first-order valence-electron chi connectivity index (χ1n) is 11.7. The van der Waals surface area contributed by atoms with Crippen LogP contribution in [-0.2, 0) is 23.2 Å². The van der Waals surface area contributed by atoms with Crippen LogP contribution >= 0.6 is 7.82 Å². The number of amides is 1. The molecule has 1 amide bonds. The number of likely N-dealkylation sites (tertiary alicyclic amines) is 1. The lowest BCUT2D eigenvalue weighted by Crippen LogP contribution is -2.38. The fourth-order valence-corrected chi connectivity index (χ4v) is 4.74. The van der Waals surface area contributed by atoms with Gasteiger partial charge >= 0.3 is 7.82 Å². The van der Waals surface area contributed by atoms with E-state index in [1.165, 1.54) is 19.3 Å². The highest BCUT2D eigenvalue weighted by molar-refractivity contribution is 7.47. The molecule has 1 aliphatic heterocycles. The molecule has 30 heavy (non-hydrogen) atoms. The molecule has 1 unspecified atom stereocenters. The van der Waals surface area contributed by atoms with Crippen LogP contribution in [0.3, 0.4) is 0 Å². The number of rotatable bonds is 17. The summed E-state index contributed by atoms with van der Waals surface area (Å²) in [6.45, 7) is 6.46. The number of unbranched alkanes of at least 4 members (excludes halogenated alkanes) is 7. The summed E-state index contributed by atoms with van der Waals surface area (Å²) in [4.78, 5) is 35.3. The molecule has 0 aromatic heterocycles. The molecule has 1 N–H and O–H groups in total. The molecule has 1 rings (SSSR count). The van der Waals surface area contributed by atoms with Gasteiger partial charge in [-0.25, -0.2) is 4.57 Å². The van der Waals surface area contributed by atoms with Crippen molar-refractivity contribution >= 4 is 19.5 Å². The molecule has 0 saturated carbocycles. The van der Waals surface area contributed by atoms with Crippen molar-refractivity contribution < 1.29 is 28.1 Å². The van der Waals surface area contributed by atoms with Crippen LogP contribution in [0.1, 0.15) is 97.8 Å². The van der Waals surface area contributed by atoms with E-state index < -0.39 is 7.82 Å². The van der Waals surface area contributed by atoms with Crippen LogP contribution in [0.15, 0.2) is 0 Å². The highest BCUT2D eigenvalue weighted by Gasteiger charge is 2.34. The Kier molecular flexibility index (Phi) is 13.7. The van der Waals surface area contributed by atoms with Gasteiger partial charge in [0.25, 0.3) is 0 Å². The molecule has 0 spiro atoms. The second kappa shape index (κ2) is 15.1. The largest absolute Gasteiger partial charge is 0.472 e. The standard InChI is InChI=1S/C22H42NO6P/c1-4-21(24)14-12-10-8-6-7-9-11-13-15-22(25)23-17-19(3)16-20(23)18-29-30(26,27)28-5-2/h19-20H,4-18H2,1-3H3,(H,26,27)/t19-,20+/m1/s1/i29+2. The molecule has 0 aromatic rings. The molecular weight excluding hydrogens is 407 g/mol. The third kappa shape index (κ3) is 11.6. The number of nitrogens with zero attached hydrogens (tertiary/aromatic N) is 1. The van der Waals surface area contributed by atoms with Gasteiger partial charge in [-0.15, -0.1) is 0 Å². The van der Waals surface area contributed by atoms with Gasteiger partial charge < -0.3 is 9.79 Å². The summed E-state index contributed by atoms with van der Waals surface area (Å²) >= 11 is 0. The first kappa shape index (κ1) is 27.3. The molecule has 3 atom stereocenters. The first-order chi connectivity index (χ1) is 14.3. The summed E-state index contributed by atoms with van der Waals surface area (Å²) < 4.78 is 21.5. The number of hydrogen-bond donors (Lipinski definition) is 1. The summed E-state index contributed by atoms with van der Waals surface area (Å²) in [5.74, 6) is 0.832. The molecule has 0 bridgehead atoms. The van der Waals surface area contributed by atoms with Gasteiger partial charge in [-0.3, -0.25) is 18.6 Å². The smallest absolute Gasteiger partial charge is 0.337 e. The molecule has 0 aromatic carbocycles. The van der Waals surface area contributed by atoms with Gasteiger partial charge in [-0.2, -0.15) is 0 Å². The van der Waals surface area contributed by atoms with Crippen molar-refractivity contribution in [3.63, 3.8) is 0 Å². The van der Waals surface area contributed by atoms with Gasteiger partial charge in [-0.1, -0.05) is 52.4 Å². The summed E-state index contributed by atoms with van der Waals surface area (Å²) in [5, 5.41) is 0. The fraction of sp³-hybridized carbons (Fsp3) is 0.909. The van der Waals surface area contributed by atoms with Crippen LogP contribution < -0.4 is 0 Å². The Morgan fingerprint density at radius 3 is 2.17 bits per heavy atom. The quantitative estimate of drug-likeness (QED) is 0.185. The first-order valence-corrected chi connectivity index (χ1v) is 13.2. The molecule has 176 valence electrons. The normalized spacial score (nSPS) is 21.0. The molecule has 0 aliphatic carbocycles. The molecule has 7 nitrogen and oxygen atoms in total. The van der Waals surface area contributed by atoms with Crippen molar-refractivity contribution in [3.8, 4) is 0 Å². The number of phosphoric ester groups is 1. The van der Waals surface area contributed by atoms with E-state index in [0.717, 1.165) is 44.9 Å². The van der Waals surface area contributed by atoms with Gasteiger partial charge in [-0.05, 0) is 32.1 Å². The third-order valence-electron chi connectivity index (χ3n) is 5.66. The van der Waals surface area contributed by atoms with Crippen molar-refractivity contribution in [2.24, 2.45) is 5.92 Å². The second-order valence-electron chi connectivity index (χ2n) is 8.44. The van der Waals surface area contributed by atoms with Crippen molar-refractivity contribution in [2.75, 3.05) is 19.8 Å². The lowest BCUT2D eigenvalue weighted by molar-refractivity contribution is -0.133. The number of carbonyl (C=O) groups excluding carboxylic acids is 2. The Hall–Kier alpha value is -0.750. The highest BCUT2D eigenvalue weighted by atomic mass is 31.2. The van der Waals surface area contributed by atoms with E-state index >= 15 is 0 Å². The van der Waals surface area contributed by atoms with Gasteiger partial charge in [0.1, 0.15) is 5.78 Å². The van der Waals surface area contributed by atoms with E-state index in [1.54, 1.807) is 6.92 Å². The fourth-order valence-electron chi connectivity index (χ4n) is 3.97. The Labute approximate surface area is 182 Å². The predicted octanol–water partition coefficient (Wildman–Crippen LogP) is 5.26. The minimum Gasteiger partial charge on any atom is -0.337 e. The van der Waals surface area contributed by atoms with Gasteiger partial charge in [0, 0.05) is 25.8 Å². The average Bonchev–Trinajstić information content (AvgIpc) is 3.08. The molecule has 1 fully saturated rings. The SMILES string of the molecule is CCOP(=O)(O)[18O]C[C@@H]1C[C@@H](C)CN1C(=O)CCCCCCCCCCC(=O)CC. The maximum atomic E-state index is 12.6. The number of phosphoric acid groups is 1. The van der Waals surface area contributed by atoms with Gasteiger partial charge in [0.15, 0.2) is 0 Å². The third-order valence-corrected chi connectivity index (χ3v) is 6.72. The topological polar surface area (TPSA) is 93.1 Å².